The largest absolute Gasteiger partial charge is 0.433 e. The number of rotatable bonds is 2. The maximum absolute atomic E-state index is 13.6. The van der Waals surface area contributed by atoms with Gasteiger partial charge in [0, 0.05) is 26.7 Å². The fourth-order valence-corrected chi connectivity index (χ4v) is 3.34. The number of nitrogens with zero attached hydrogens (tertiary/aromatic N) is 2. The zero-order chi connectivity index (χ0) is 18.5. The third-order valence-electron chi connectivity index (χ3n) is 3.63. The first kappa shape index (κ1) is 17.8. The number of halogens is 6. The highest BCUT2D eigenvalue weighted by molar-refractivity contribution is 9.10. The van der Waals surface area contributed by atoms with Crippen molar-refractivity contribution in [1.29, 1.82) is 0 Å². The monoisotopic (exact) mass is 436 g/mol. The van der Waals surface area contributed by atoms with Gasteiger partial charge in [0.25, 0.3) is 5.69 Å². The van der Waals surface area contributed by atoms with Gasteiger partial charge in [-0.25, -0.2) is 4.39 Å². The SMILES string of the molecule is O=[N+]([O-])c1cc(Br)cc2c1C(c1cc(F)ccc1Cl)N=C2C(F)(F)F. The Balaban J connectivity index is 2.35. The molecule has 130 valence electrons. The first-order valence-corrected chi connectivity index (χ1v) is 7.85. The Hall–Kier alpha value is -2.00. The lowest BCUT2D eigenvalue weighted by Gasteiger charge is -2.12. The molecule has 3 rings (SSSR count). The molecule has 0 bridgehead atoms. The lowest BCUT2D eigenvalue weighted by atomic mass is 9.94. The predicted molar refractivity (Wildman–Crippen MR) is 86.6 cm³/mol. The Morgan fingerprint density at radius 1 is 1.24 bits per heavy atom. The fraction of sp³-hybridized carbons (Fsp3) is 0.133. The summed E-state index contributed by atoms with van der Waals surface area (Å²) in [5, 5.41) is 11.3. The van der Waals surface area contributed by atoms with Crippen molar-refractivity contribution in [2.45, 2.75) is 12.2 Å². The molecular formula is C15H6BrClF4N2O2. The van der Waals surface area contributed by atoms with Crippen molar-refractivity contribution < 1.29 is 22.5 Å². The van der Waals surface area contributed by atoms with Crippen LogP contribution in [0.1, 0.15) is 22.7 Å². The Morgan fingerprint density at radius 3 is 2.52 bits per heavy atom. The van der Waals surface area contributed by atoms with E-state index >= 15 is 0 Å². The van der Waals surface area contributed by atoms with Crippen molar-refractivity contribution in [3.8, 4) is 0 Å². The van der Waals surface area contributed by atoms with Crippen molar-refractivity contribution in [3.05, 3.63) is 72.4 Å². The maximum atomic E-state index is 13.6. The summed E-state index contributed by atoms with van der Waals surface area (Å²) in [7, 11) is 0. The zero-order valence-corrected chi connectivity index (χ0v) is 14.3. The van der Waals surface area contributed by atoms with Crippen LogP contribution in [0.15, 0.2) is 39.8 Å². The number of nitro benzene ring substituents is 1. The summed E-state index contributed by atoms with van der Waals surface area (Å²) in [6.45, 7) is 0. The summed E-state index contributed by atoms with van der Waals surface area (Å²) in [6, 6.07) is 3.87. The number of alkyl halides is 3. The van der Waals surface area contributed by atoms with Gasteiger partial charge in [-0.1, -0.05) is 27.5 Å². The van der Waals surface area contributed by atoms with Crippen LogP contribution in [0.3, 0.4) is 0 Å². The van der Waals surface area contributed by atoms with Gasteiger partial charge in [0.2, 0.25) is 0 Å². The number of benzene rings is 2. The molecule has 0 radical (unpaired) electrons. The van der Waals surface area contributed by atoms with Gasteiger partial charge in [0.15, 0.2) is 0 Å². The van der Waals surface area contributed by atoms with Crippen LogP contribution in [0.4, 0.5) is 23.2 Å². The second-order valence-electron chi connectivity index (χ2n) is 5.19. The van der Waals surface area contributed by atoms with Gasteiger partial charge in [-0.15, -0.1) is 0 Å². The van der Waals surface area contributed by atoms with Gasteiger partial charge < -0.3 is 0 Å². The molecule has 1 heterocycles. The molecule has 0 saturated heterocycles. The van der Waals surface area contributed by atoms with E-state index < -0.39 is 39.9 Å². The van der Waals surface area contributed by atoms with Crippen LogP contribution in [0.5, 0.6) is 0 Å². The summed E-state index contributed by atoms with van der Waals surface area (Å²) in [5.41, 5.74) is -2.60. The number of nitro groups is 1. The average molecular weight is 438 g/mol. The molecule has 1 atom stereocenters. The molecule has 10 heteroatoms. The van der Waals surface area contributed by atoms with Gasteiger partial charge in [0.1, 0.15) is 17.6 Å². The van der Waals surface area contributed by atoms with E-state index in [1.54, 1.807) is 0 Å². The van der Waals surface area contributed by atoms with Gasteiger partial charge in [0.05, 0.1) is 10.5 Å². The van der Waals surface area contributed by atoms with Crippen LogP contribution < -0.4 is 0 Å². The summed E-state index contributed by atoms with van der Waals surface area (Å²) < 4.78 is 53.7. The highest BCUT2D eigenvalue weighted by atomic mass is 79.9. The van der Waals surface area contributed by atoms with Gasteiger partial charge in [-0.2, -0.15) is 13.2 Å². The second kappa shape index (κ2) is 6.06. The summed E-state index contributed by atoms with van der Waals surface area (Å²) >= 11 is 8.94. The average Bonchev–Trinajstić information content (AvgIpc) is 2.88. The van der Waals surface area contributed by atoms with E-state index in [-0.39, 0.29) is 20.6 Å². The third-order valence-corrected chi connectivity index (χ3v) is 4.43. The van der Waals surface area contributed by atoms with Crippen LogP contribution in [0.2, 0.25) is 5.02 Å². The van der Waals surface area contributed by atoms with Crippen LogP contribution in [-0.2, 0) is 0 Å². The first-order valence-electron chi connectivity index (χ1n) is 6.67. The van der Waals surface area contributed by atoms with Crippen LogP contribution in [0.25, 0.3) is 0 Å². The van der Waals surface area contributed by atoms with E-state index in [1.165, 1.54) is 0 Å². The standard InChI is InChI=1S/C15H6BrClF4N2O2/c16-6-3-9-12(11(4-6)23(24)25)13(22-14(9)15(19,20)21)8-5-7(18)1-2-10(8)17/h1-5,13H. The molecule has 1 aliphatic heterocycles. The molecule has 2 aromatic carbocycles. The van der Waals surface area contributed by atoms with E-state index in [1.807, 2.05) is 0 Å². The molecule has 0 amide bonds. The molecule has 0 N–H and O–H groups in total. The van der Waals surface area contributed by atoms with E-state index in [2.05, 4.69) is 20.9 Å². The minimum absolute atomic E-state index is 0.0401. The molecule has 1 aliphatic rings. The van der Waals surface area contributed by atoms with Gasteiger partial charge in [-0.05, 0) is 24.3 Å². The minimum atomic E-state index is -4.84. The quantitative estimate of drug-likeness (QED) is 0.349. The molecule has 0 fully saturated rings. The van der Waals surface area contributed by atoms with Crippen molar-refractivity contribution in [2.24, 2.45) is 4.99 Å². The zero-order valence-electron chi connectivity index (χ0n) is 11.9. The van der Waals surface area contributed by atoms with E-state index in [4.69, 9.17) is 11.6 Å². The third kappa shape index (κ3) is 3.13. The molecule has 0 spiro atoms. The van der Waals surface area contributed by atoms with Crippen molar-refractivity contribution in [2.75, 3.05) is 0 Å². The van der Waals surface area contributed by atoms with Crippen molar-refractivity contribution in [1.82, 2.24) is 0 Å². The first-order chi connectivity index (χ1) is 11.6. The van der Waals surface area contributed by atoms with Crippen molar-refractivity contribution >= 4 is 38.9 Å². The normalized spacial score (nSPS) is 16.6. The van der Waals surface area contributed by atoms with E-state index in [0.29, 0.717) is 0 Å². The topological polar surface area (TPSA) is 55.5 Å². The molecule has 2 aromatic rings. The van der Waals surface area contributed by atoms with Crippen LogP contribution >= 0.6 is 27.5 Å². The summed E-state index contributed by atoms with van der Waals surface area (Å²) in [6.07, 6.45) is -4.84. The molecule has 0 saturated carbocycles. The summed E-state index contributed by atoms with van der Waals surface area (Å²) in [4.78, 5) is 14.1. The Labute approximate surface area is 151 Å². The number of fused-ring (bicyclic) bond motifs is 1. The highest BCUT2D eigenvalue weighted by Gasteiger charge is 2.46. The second-order valence-corrected chi connectivity index (χ2v) is 6.51. The molecule has 0 aromatic heterocycles. The van der Waals surface area contributed by atoms with Crippen LogP contribution in [0, 0.1) is 15.9 Å². The Morgan fingerprint density at radius 2 is 1.92 bits per heavy atom. The fourth-order valence-electron chi connectivity index (χ4n) is 2.68. The van der Waals surface area contributed by atoms with E-state index in [9.17, 15) is 27.7 Å². The molecule has 4 nitrogen and oxygen atoms in total. The molecule has 25 heavy (non-hydrogen) atoms. The van der Waals surface area contributed by atoms with Gasteiger partial charge in [-0.3, -0.25) is 15.1 Å². The Bertz CT molecular complexity index is 930. The predicted octanol–water partition coefficient (Wildman–Crippen LogP) is 5.60. The van der Waals surface area contributed by atoms with E-state index in [0.717, 1.165) is 30.3 Å². The molecule has 1 unspecified atom stereocenters. The highest BCUT2D eigenvalue weighted by Crippen LogP contribution is 2.46. The van der Waals surface area contributed by atoms with Gasteiger partial charge >= 0.3 is 6.18 Å². The number of hydrogen-bond acceptors (Lipinski definition) is 3. The lowest BCUT2D eigenvalue weighted by Crippen LogP contribution is -2.22. The Kier molecular flexibility index (Phi) is 4.32. The van der Waals surface area contributed by atoms with Crippen LogP contribution in [-0.4, -0.2) is 16.8 Å². The minimum Gasteiger partial charge on any atom is -0.267 e. The molecule has 0 aliphatic carbocycles. The number of aliphatic imine (C=N–C) groups is 1. The van der Waals surface area contributed by atoms with Crippen molar-refractivity contribution in [3.63, 3.8) is 0 Å². The smallest absolute Gasteiger partial charge is 0.267 e. The number of hydrogen-bond donors (Lipinski definition) is 0. The maximum Gasteiger partial charge on any atom is 0.433 e. The molecular weight excluding hydrogens is 432 g/mol. The summed E-state index contributed by atoms with van der Waals surface area (Å²) in [5.74, 6) is -0.739. The lowest BCUT2D eigenvalue weighted by molar-refractivity contribution is -0.385.